The van der Waals surface area contributed by atoms with Crippen LogP contribution in [0.5, 0.6) is 0 Å². The average Bonchev–Trinajstić information content (AvgIpc) is 3.03. The summed E-state index contributed by atoms with van der Waals surface area (Å²) in [7, 11) is 0. The second kappa shape index (κ2) is 4.58. The number of rotatable bonds is 2. The van der Waals surface area contributed by atoms with Gasteiger partial charge >= 0.3 is 0 Å². The van der Waals surface area contributed by atoms with E-state index in [4.69, 9.17) is 11.0 Å². The molecule has 2 aliphatic rings. The first-order valence-electron chi connectivity index (χ1n) is 6.78. The maximum Gasteiger partial charge on any atom is 0.227 e. The number of amides is 1. The van der Waals surface area contributed by atoms with Crippen molar-refractivity contribution in [1.29, 1.82) is 5.26 Å². The maximum absolute atomic E-state index is 12.3. The van der Waals surface area contributed by atoms with Crippen molar-refractivity contribution in [3.63, 3.8) is 0 Å². The number of nitriles is 1. The van der Waals surface area contributed by atoms with Gasteiger partial charge < -0.3 is 11.1 Å². The summed E-state index contributed by atoms with van der Waals surface area (Å²) in [4.78, 5) is 12.3. The van der Waals surface area contributed by atoms with Crippen LogP contribution in [0.2, 0.25) is 0 Å². The molecule has 2 saturated carbocycles. The van der Waals surface area contributed by atoms with Gasteiger partial charge in [-0.25, -0.2) is 0 Å². The van der Waals surface area contributed by atoms with Crippen molar-refractivity contribution in [3.8, 4) is 6.07 Å². The van der Waals surface area contributed by atoms with Gasteiger partial charge in [0.05, 0.1) is 11.3 Å². The van der Waals surface area contributed by atoms with E-state index >= 15 is 0 Å². The van der Waals surface area contributed by atoms with Crippen LogP contribution in [0.1, 0.15) is 31.2 Å². The van der Waals surface area contributed by atoms with E-state index < -0.39 is 0 Å². The Morgan fingerprint density at radius 1 is 1.37 bits per heavy atom. The Morgan fingerprint density at radius 2 is 2.21 bits per heavy atom. The van der Waals surface area contributed by atoms with E-state index in [-0.39, 0.29) is 11.8 Å². The average molecular weight is 255 g/mol. The van der Waals surface area contributed by atoms with Gasteiger partial charge in [-0.1, -0.05) is 6.42 Å². The normalized spacial score (nSPS) is 28.1. The largest absolute Gasteiger partial charge is 0.399 e. The van der Waals surface area contributed by atoms with E-state index in [1.54, 1.807) is 18.2 Å². The molecule has 98 valence electrons. The first-order chi connectivity index (χ1) is 9.17. The van der Waals surface area contributed by atoms with Gasteiger partial charge in [-0.3, -0.25) is 4.79 Å². The molecule has 1 amide bonds. The lowest BCUT2D eigenvalue weighted by atomic mass is 9.88. The minimum absolute atomic E-state index is 0.0634. The summed E-state index contributed by atoms with van der Waals surface area (Å²) in [6, 6.07) is 7.08. The van der Waals surface area contributed by atoms with Crippen molar-refractivity contribution >= 4 is 17.3 Å². The summed E-state index contributed by atoms with van der Waals surface area (Å²) in [5.41, 5.74) is 7.18. The van der Waals surface area contributed by atoms with Crippen LogP contribution in [0.15, 0.2) is 18.2 Å². The van der Waals surface area contributed by atoms with E-state index in [0.717, 1.165) is 12.3 Å². The number of hydrogen-bond donors (Lipinski definition) is 2. The summed E-state index contributed by atoms with van der Waals surface area (Å²) in [5.74, 6) is 1.48. The molecular weight excluding hydrogens is 238 g/mol. The molecule has 0 saturated heterocycles. The van der Waals surface area contributed by atoms with Gasteiger partial charge in [0.1, 0.15) is 6.07 Å². The highest BCUT2D eigenvalue weighted by Crippen LogP contribution is 2.48. The smallest absolute Gasteiger partial charge is 0.227 e. The molecule has 2 fully saturated rings. The van der Waals surface area contributed by atoms with Crippen molar-refractivity contribution < 1.29 is 4.79 Å². The Kier molecular flexibility index (Phi) is 2.90. The third-order valence-electron chi connectivity index (χ3n) is 4.50. The molecule has 0 aromatic heterocycles. The molecule has 1 aromatic rings. The number of benzene rings is 1. The van der Waals surface area contributed by atoms with Crippen LogP contribution in [-0.4, -0.2) is 5.91 Å². The Labute approximate surface area is 112 Å². The predicted octanol–water partition coefficient (Wildman–Crippen LogP) is 2.52. The number of anilines is 2. The Balaban J connectivity index is 1.75. The second-order valence-electron chi connectivity index (χ2n) is 5.69. The highest BCUT2D eigenvalue weighted by molar-refractivity contribution is 5.94. The van der Waals surface area contributed by atoms with Crippen LogP contribution in [0, 0.1) is 29.1 Å². The summed E-state index contributed by atoms with van der Waals surface area (Å²) >= 11 is 0. The van der Waals surface area contributed by atoms with Gasteiger partial charge in [0.15, 0.2) is 0 Å². The Bertz CT molecular complexity index is 561. The number of carbonyl (C=O) groups is 1. The van der Waals surface area contributed by atoms with Gasteiger partial charge in [0, 0.05) is 11.6 Å². The number of hydrogen-bond acceptors (Lipinski definition) is 3. The van der Waals surface area contributed by atoms with Crippen LogP contribution in [0.25, 0.3) is 0 Å². The maximum atomic E-state index is 12.3. The molecule has 3 atom stereocenters. The number of carbonyl (C=O) groups excluding carboxylic acids is 1. The van der Waals surface area contributed by atoms with Crippen molar-refractivity contribution in [2.45, 2.75) is 25.7 Å². The van der Waals surface area contributed by atoms with E-state index in [0.29, 0.717) is 22.9 Å². The number of nitrogens with zero attached hydrogens (tertiary/aromatic N) is 1. The van der Waals surface area contributed by atoms with Gasteiger partial charge in [0.25, 0.3) is 0 Å². The van der Waals surface area contributed by atoms with Gasteiger partial charge in [-0.2, -0.15) is 5.26 Å². The molecule has 4 heteroatoms. The third kappa shape index (κ3) is 2.17. The van der Waals surface area contributed by atoms with Crippen molar-refractivity contribution in [2.75, 3.05) is 11.1 Å². The minimum Gasteiger partial charge on any atom is -0.399 e. The second-order valence-corrected chi connectivity index (χ2v) is 5.69. The third-order valence-corrected chi connectivity index (χ3v) is 4.50. The van der Waals surface area contributed by atoms with Crippen molar-refractivity contribution in [3.05, 3.63) is 23.8 Å². The summed E-state index contributed by atoms with van der Waals surface area (Å²) in [6.45, 7) is 0. The van der Waals surface area contributed by atoms with Crippen molar-refractivity contribution in [2.24, 2.45) is 17.8 Å². The first-order valence-corrected chi connectivity index (χ1v) is 6.78. The SMILES string of the molecule is N#Cc1cc(N)ccc1NC(=O)C1CC2CCC1C2. The zero-order valence-corrected chi connectivity index (χ0v) is 10.7. The molecule has 0 spiro atoms. The van der Waals surface area contributed by atoms with Crippen LogP contribution in [0.4, 0.5) is 11.4 Å². The predicted molar refractivity (Wildman–Crippen MR) is 73.1 cm³/mol. The monoisotopic (exact) mass is 255 g/mol. The quantitative estimate of drug-likeness (QED) is 0.797. The van der Waals surface area contributed by atoms with Crippen molar-refractivity contribution in [1.82, 2.24) is 0 Å². The van der Waals surface area contributed by atoms with Crippen LogP contribution in [0.3, 0.4) is 0 Å². The van der Waals surface area contributed by atoms with Gasteiger partial charge in [-0.15, -0.1) is 0 Å². The molecule has 2 aliphatic carbocycles. The van der Waals surface area contributed by atoms with Gasteiger partial charge in [-0.05, 0) is 49.3 Å². The molecule has 2 bridgehead atoms. The number of fused-ring (bicyclic) bond motifs is 2. The topological polar surface area (TPSA) is 78.9 Å². The van der Waals surface area contributed by atoms with Crippen LogP contribution < -0.4 is 11.1 Å². The Hall–Kier alpha value is -2.02. The van der Waals surface area contributed by atoms with E-state index in [1.165, 1.54) is 19.3 Å². The summed E-state index contributed by atoms with van der Waals surface area (Å²) in [6.07, 6.45) is 4.66. The van der Waals surface area contributed by atoms with E-state index in [1.807, 2.05) is 0 Å². The number of nitrogens with one attached hydrogen (secondary N) is 1. The highest BCUT2D eigenvalue weighted by atomic mass is 16.1. The molecule has 0 aliphatic heterocycles. The molecule has 3 unspecified atom stereocenters. The molecule has 19 heavy (non-hydrogen) atoms. The Morgan fingerprint density at radius 3 is 2.84 bits per heavy atom. The first kappa shape index (κ1) is 12.0. The molecule has 3 N–H and O–H groups in total. The van der Waals surface area contributed by atoms with Crippen LogP contribution in [-0.2, 0) is 4.79 Å². The lowest BCUT2D eigenvalue weighted by Crippen LogP contribution is -2.27. The van der Waals surface area contributed by atoms with E-state index in [9.17, 15) is 4.79 Å². The fourth-order valence-electron chi connectivity index (χ4n) is 3.55. The zero-order valence-electron chi connectivity index (χ0n) is 10.7. The zero-order chi connectivity index (χ0) is 13.4. The lowest BCUT2D eigenvalue weighted by Gasteiger charge is -2.21. The molecule has 1 aromatic carbocycles. The molecule has 4 nitrogen and oxygen atoms in total. The van der Waals surface area contributed by atoms with Crippen LogP contribution >= 0.6 is 0 Å². The van der Waals surface area contributed by atoms with E-state index in [2.05, 4.69) is 11.4 Å². The number of nitrogen functional groups attached to an aromatic ring is 1. The summed E-state index contributed by atoms with van der Waals surface area (Å²) < 4.78 is 0. The minimum atomic E-state index is 0.0634. The summed E-state index contributed by atoms with van der Waals surface area (Å²) in [5, 5.41) is 12.0. The standard InChI is InChI=1S/C15H17N3O/c16-8-11-7-12(17)3-4-14(11)18-15(19)13-6-9-1-2-10(13)5-9/h3-4,7,9-10,13H,1-2,5-6,17H2,(H,18,19). The highest BCUT2D eigenvalue weighted by Gasteiger charge is 2.43. The molecular formula is C15H17N3O. The lowest BCUT2D eigenvalue weighted by molar-refractivity contribution is -0.121. The van der Waals surface area contributed by atoms with Gasteiger partial charge in [0.2, 0.25) is 5.91 Å². The fraction of sp³-hybridized carbons (Fsp3) is 0.467. The fourth-order valence-corrected chi connectivity index (χ4v) is 3.55. The number of nitrogens with two attached hydrogens (primary N) is 1. The molecule has 3 rings (SSSR count). The molecule has 0 radical (unpaired) electrons. The molecule has 0 heterocycles.